The molecule has 0 bridgehead atoms. The average Bonchev–Trinajstić information content (AvgIpc) is 2.99. The fourth-order valence-electron chi connectivity index (χ4n) is 2.46. The van der Waals surface area contributed by atoms with Gasteiger partial charge in [0, 0.05) is 23.3 Å². The van der Waals surface area contributed by atoms with Crippen LogP contribution in [0.5, 0.6) is 0 Å². The van der Waals surface area contributed by atoms with Gasteiger partial charge in [0.2, 0.25) is 0 Å². The second-order valence-electron chi connectivity index (χ2n) is 6.07. The van der Waals surface area contributed by atoms with Crippen molar-refractivity contribution in [3.8, 4) is 11.3 Å². The third-order valence-corrected chi connectivity index (χ3v) is 4.05. The third kappa shape index (κ3) is 3.41. The molecule has 5 nitrogen and oxygen atoms in total. The first kappa shape index (κ1) is 16.5. The van der Waals surface area contributed by atoms with Gasteiger partial charge in [0.15, 0.2) is 5.65 Å². The first-order valence-electron chi connectivity index (χ1n) is 7.93. The average molecular weight is 343 g/mol. The minimum Gasteiger partial charge on any atom is -0.352 e. The molecule has 0 fully saturated rings. The summed E-state index contributed by atoms with van der Waals surface area (Å²) in [5.41, 5.74) is 2.85. The molecule has 1 N–H and O–H groups in total. The number of hydrogen-bond donors (Lipinski definition) is 1. The molecule has 0 aliphatic carbocycles. The number of aromatic nitrogens is 3. The van der Waals surface area contributed by atoms with Crippen LogP contribution in [-0.4, -0.2) is 27.0 Å². The predicted molar refractivity (Wildman–Crippen MR) is 95.2 cm³/mol. The van der Waals surface area contributed by atoms with E-state index in [0.717, 1.165) is 17.7 Å². The summed E-state index contributed by atoms with van der Waals surface area (Å²) in [4.78, 5) is 16.7. The maximum atomic E-state index is 12.4. The summed E-state index contributed by atoms with van der Waals surface area (Å²) < 4.78 is 1.68. The van der Waals surface area contributed by atoms with Gasteiger partial charge in [-0.2, -0.15) is 5.10 Å². The second-order valence-corrected chi connectivity index (χ2v) is 6.51. The molecule has 0 saturated carbocycles. The summed E-state index contributed by atoms with van der Waals surface area (Å²) in [6, 6.07) is 9.35. The Morgan fingerprint density at radius 1 is 1.25 bits per heavy atom. The normalized spacial score (nSPS) is 11.2. The lowest BCUT2D eigenvalue weighted by molar-refractivity contribution is 0.0953. The third-order valence-electron chi connectivity index (χ3n) is 3.79. The van der Waals surface area contributed by atoms with Crippen molar-refractivity contribution in [2.75, 3.05) is 6.54 Å². The second kappa shape index (κ2) is 7.01. The summed E-state index contributed by atoms with van der Waals surface area (Å²) >= 11 is 5.95. The fourth-order valence-corrected chi connectivity index (χ4v) is 2.59. The largest absolute Gasteiger partial charge is 0.352 e. The van der Waals surface area contributed by atoms with Crippen molar-refractivity contribution < 1.29 is 4.79 Å². The van der Waals surface area contributed by atoms with Gasteiger partial charge in [-0.3, -0.25) is 4.79 Å². The lowest BCUT2D eigenvalue weighted by Gasteiger charge is -2.07. The van der Waals surface area contributed by atoms with E-state index < -0.39 is 0 Å². The molecule has 0 aliphatic rings. The molecule has 1 amide bonds. The number of halogens is 1. The van der Waals surface area contributed by atoms with Gasteiger partial charge in [-0.15, -0.1) is 0 Å². The number of nitrogens with one attached hydrogen (secondary N) is 1. The summed E-state index contributed by atoms with van der Waals surface area (Å²) in [5.74, 6) is 0.398. The van der Waals surface area contributed by atoms with E-state index in [2.05, 4.69) is 29.2 Å². The Hall–Kier alpha value is -2.40. The lowest BCUT2D eigenvalue weighted by atomic mass is 10.1. The van der Waals surface area contributed by atoms with E-state index in [1.54, 1.807) is 16.9 Å². The topological polar surface area (TPSA) is 59.3 Å². The fraction of sp³-hybridized carbons (Fsp3) is 0.278. The van der Waals surface area contributed by atoms with Crippen LogP contribution >= 0.6 is 11.6 Å². The molecule has 0 saturated heterocycles. The van der Waals surface area contributed by atoms with Crippen LogP contribution in [0, 0.1) is 5.92 Å². The lowest BCUT2D eigenvalue weighted by Crippen LogP contribution is -2.25. The van der Waals surface area contributed by atoms with Gasteiger partial charge in [0.1, 0.15) is 5.56 Å². The van der Waals surface area contributed by atoms with E-state index in [1.807, 2.05) is 30.3 Å². The van der Waals surface area contributed by atoms with E-state index in [9.17, 15) is 4.79 Å². The van der Waals surface area contributed by atoms with Gasteiger partial charge in [-0.25, -0.2) is 9.50 Å². The highest BCUT2D eigenvalue weighted by Gasteiger charge is 2.15. The Kier molecular flexibility index (Phi) is 4.81. The quantitative estimate of drug-likeness (QED) is 0.766. The van der Waals surface area contributed by atoms with Crippen molar-refractivity contribution in [2.45, 2.75) is 20.3 Å². The Labute approximate surface area is 145 Å². The van der Waals surface area contributed by atoms with Crippen LogP contribution in [0.25, 0.3) is 16.9 Å². The van der Waals surface area contributed by atoms with Crippen LogP contribution in [0.3, 0.4) is 0 Å². The summed E-state index contributed by atoms with van der Waals surface area (Å²) in [6.07, 6.45) is 4.19. The molecule has 2 aromatic heterocycles. The number of hydrogen-bond acceptors (Lipinski definition) is 3. The molecular weight excluding hydrogens is 324 g/mol. The Balaban J connectivity index is 1.91. The molecular formula is C18H19ClN4O. The van der Waals surface area contributed by atoms with E-state index in [4.69, 9.17) is 11.6 Å². The zero-order valence-electron chi connectivity index (χ0n) is 13.7. The first-order valence-corrected chi connectivity index (χ1v) is 8.31. The number of carbonyl (C=O) groups is 1. The van der Waals surface area contributed by atoms with Crippen molar-refractivity contribution in [1.82, 2.24) is 19.9 Å². The van der Waals surface area contributed by atoms with Crippen LogP contribution in [0.4, 0.5) is 0 Å². The molecule has 0 aliphatic heterocycles. The van der Waals surface area contributed by atoms with Crippen molar-refractivity contribution in [2.24, 2.45) is 5.92 Å². The Morgan fingerprint density at radius 2 is 2.00 bits per heavy atom. The van der Waals surface area contributed by atoms with Crippen molar-refractivity contribution in [3.63, 3.8) is 0 Å². The minimum atomic E-state index is -0.147. The highest BCUT2D eigenvalue weighted by atomic mass is 35.5. The predicted octanol–water partition coefficient (Wildman–Crippen LogP) is 3.83. The van der Waals surface area contributed by atoms with Gasteiger partial charge >= 0.3 is 0 Å². The van der Waals surface area contributed by atoms with Crippen molar-refractivity contribution in [1.29, 1.82) is 0 Å². The number of nitrogens with zero attached hydrogens (tertiary/aromatic N) is 3. The maximum Gasteiger partial charge on any atom is 0.256 e. The van der Waals surface area contributed by atoms with Crippen molar-refractivity contribution >= 4 is 23.2 Å². The number of benzene rings is 1. The maximum absolute atomic E-state index is 12.4. The van der Waals surface area contributed by atoms with E-state index >= 15 is 0 Å². The molecule has 0 radical (unpaired) electrons. The summed E-state index contributed by atoms with van der Waals surface area (Å²) in [7, 11) is 0. The minimum absolute atomic E-state index is 0.147. The number of amides is 1. The highest BCUT2D eigenvalue weighted by molar-refractivity contribution is 6.30. The van der Waals surface area contributed by atoms with Crippen LogP contribution in [-0.2, 0) is 0 Å². The van der Waals surface area contributed by atoms with E-state index in [-0.39, 0.29) is 5.91 Å². The van der Waals surface area contributed by atoms with Crippen LogP contribution in [0.15, 0.2) is 42.7 Å². The summed E-state index contributed by atoms with van der Waals surface area (Å²) in [6.45, 7) is 4.90. The van der Waals surface area contributed by atoms with Crippen molar-refractivity contribution in [3.05, 3.63) is 53.3 Å². The molecule has 2 heterocycles. The molecule has 3 aromatic rings. The van der Waals surface area contributed by atoms with Gasteiger partial charge in [-0.05, 0) is 30.5 Å². The monoisotopic (exact) mass is 342 g/mol. The Morgan fingerprint density at radius 3 is 2.71 bits per heavy atom. The molecule has 3 rings (SSSR count). The van der Waals surface area contributed by atoms with E-state index in [0.29, 0.717) is 28.7 Å². The zero-order chi connectivity index (χ0) is 17.1. The summed E-state index contributed by atoms with van der Waals surface area (Å²) in [5, 5.41) is 7.94. The molecule has 0 spiro atoms. The van der Waals surface area contributed by atoms with Crippen LogP contribution in [0.1, 0.15) is 30.6 Å². The molecule has 24 heavy (non-hydrogen) atoms. The SMILES string of the molecule is CC(C)CCNC(=O)c1cnn2c(-c3ccc(Cl)cc3)ccnc12. The molecule has 0 unspecified atom stereocenters. The van der Waals surface area contributed by atoms with Gasteiger partial charge in [-0.1, -0.05) is 37.6 Å². The Bertz CT molecular complexity index is 855. The van der Waals surface area contributed by atoms with Gasteiger partial charge in [0.05, 0.1) is 11.9 Å². The smallest absolute Gasteiger partial charge is 0.256 e. The van der Waals surface area contributed by atoms with Gasteiger partial charge in [0.25, 0.3) is 5.91 Å². The number of rotatable bonds is 5. The highest BCUT2D eigenvalue weighted by Crippen LogP contribution is 2.22. The number of carbonyl (C=O) groups excluding carboxylic acids is 1. The zero-order valence-corrected chi connectivity index (χ0v) is 14.4. The molecule has 1 aromatic carbocycles. The molecule has 0 atom stereocenters. The van der Waals surface area contributed by atoms with Crippen LogP contribution in [0.2, 0.25) is 5.02 Å². The van der Waals surface area contributed by atoms with Crippen LogP contribution < -0.4 is 5.32 Å². The molecule has 124 valence electrons. The standard InChI is InChI=1S/C18H19ClN4O/c1-12(2)7-9-21-18(24)15-11-22-23-16(8-10-20-17(15)23)13-3-5-14(19)6-4-13/h3-6,8,10-12H,7,9H2,1-2H3,(H,21,24). The number of fused-ring (bicyclic) bond motifs is 1. The van der Waals surface area contributed by atoms with Gasteiger partial charge < -0.3 is 5.32 Å². The molecule has 6 heteroatoms. The van der Waals surface area contributed by atoms with E-state index in [1.165, 1.54) is 0 Å². The first-order chi connectivity index (χ1) is 11.6.